The van der Waals surface area contributed by atoms with Gasteiger partial charge in [0.2, 0.25) is 0 Å². The quantitative estimate of drug-likeness (QED) is 0.794. The third-order valence-electron chi connectivity index (χ3n) is 3.56. The fourth-order valence-corrected chi connectivity index (χ4v) is 2.36. The van der Waals surface area contributed by atoms with Gasteiger partial charge in [-0.05, 0) is 29.8 Å². The van der Waals surface area contributed by atoms with Gasteiger partial charge in [0, 0.05) is 17.5 Å². The molecular formula is C18H17NO2. The van der Waals surface area contributed by atoms with Crippen molar-refractivity contribution in [3.63, 3.8) is 0 Å². The van der Waals surface area contributed by atoms with E-state index in [1.165, 1.54) is 0 Å². The van der Waals surface area contributed by atoms with Crippen LogP contribution in [0.1, 0.15) is 17.4 Å². The van der Waals surface area contributed by atoms with Crippen molar-refractivity contribution in [3.05, 3.63) is 71.9 Å². The Morgan fingerprint density at radius 2 is 1.76 bits per heavy atom. The van der Waals surface area contributed by atoms with Crippen molar-refractivity contribution in [3.8, 4) is 5.75 Å². The molecule has 0 aliphatic rings. The smallest absolute Gasteiger partial charge is 0.118 e. The SMILES string of the molecule is COc1ccc(C(O)Cc2ccc3ccccc3n2)cc1. The largest absolute Gasteiger partial charge is 0.497 e. The van der Waals surface area contributed by atoms with Crippen LogP contribution in [-0.2, 0) is 6.42 Å². The lowest BCUT2D eigenvalue weighted by Gasteiger charge is -2.11. The van der Waals surface area contributed by atoms with Gasteiger partial charge in [-0.1, -0.05) is 36.4 Å². The first-order chi connectivity index (χ1) is 10.3. The van der Waals surface area contributed by atoms with Gasteiger partial charge < -0.3 is 9.84 Å². The summed E-state index contributed by atoms with van der Waals surface area (Å²) in [5.41, 5.74) is 2.71. The van der Waals surface area contributed by atoms with Crippen molar-refractivity contribution >= 4 is 10.9 Å². The third kappa shape index (κ3) is 3.03. The van der Waals surface area contributed by atoms with Gasteiger partial charge in [-0.25, -0.2) is 0 Å². The first kappa shape index (κ1) is 13.6. The maximum Gasteiger partial charge on any atom is 0.118 e. The summed E-state index contributed by atoms with van der Waals surface area (Å²) in [4.78, 5) is 4.59. The average molecular weight is 279 g/mol. The monoisotopic (exact) mass is 279 g/mol. The second-order valence-corrected chi connectivity index (χ2v) is 4.99. The topological polar surface area (TPSA) is 42.4 Å². The summed E-state index contributed by atoms with van der Waals surface area (Å²) in [5, 5.41) is 11.4. The Morgan fingerprint density at radius 3 is 2.52 bits per heavy atom. The number of fused-ring (bicyclic) bond motifs is 1. The van der Waals surface area contributed by atoms with Crippen molar-refractivity contribution < 1.29 is 9.84 Å². The van der Waals surface area contributed by atoms with Crippen LogP contribution in [0.2, 0.25) is 0 Å². The average Bonchev–Trinajstić information content (AvgIpc) is 2.55. The van der Waals surface area contributed by atoms with Crippen LogP contribution in [0, 0.1) is 0 Å². The van der Waals surface area contributed by atoms with Crippen LogP contribution in [0.3, 0.4) is 0 Å². The van der Waals surface area contributed by atoms with Gasteiger partial charge in [-0.2, -0.15) is 0 Å². The molecule has 3 heteroatoms. The van der Waals surface area contributed by atoms with E-state index in [2.05, 4.69) is 4.98 Å². The third-order valence-corrected chi connectivity index (χ3v) is 3.56. The standard InChI is InChI=1S/C18H17NO2/c1-21-16-10-7-14(8-11-16)18(20)12-15-9-6-13-4-2-3-5-17(13)19-15/h2-11,18,20H,12H2,1H3. The van der Waals surface area contributed by atoms with Crippen LogP contribution in [0.25, 0.3) is 10.9 Å². The Hall–Kier alpha value is -2.39. The number of rotatable bonds is 4. The molecule has 0 saturated heterocycles. The molecule has 106 valence electrons. The van der Waals surface area contributed by atoms with Crippen LogP contribution in [-0.4, -0.2) is 17.2 Å². The van der Waals surface area contributed by atoms with Gasteiger partial charge in [0.05, 0.1) is 18.7 Å². The Kier molecular flexibility index (Phi) is 3.84. The molecule has 1 N–H and O–H groups in total. The van der Waals surface area contributed by atoms with E-state index in [9.17, 15) is 5.11 Å². The molecule has 0 aliphatic carbocycles. The molecule has 0 amide bonds. The Balaban J connectivity index is 1.79. The second-order valence-electron chi connectivity index (χ2n) is 4.99. The molecule has 3 aromatic rings. The number of ether oxygens (including phenoxy) is 1. The highest BCUT2D eigenvalue weighted by Crippen LogP contribution is 2.21. The number of nitrogens with zero attached hydrogens (tertiary/aromatic N) is 1. The van der Waals surface area contributed by atoms with Crippen LogP contribution in [0.4, 0.5) is 0 Å². The highest BCUT2D eigenvalue weighted by atomic mass is 16.5. The summed E-state index contributed by atoms with van der Waals surface area (Å²) in [6.45, 7) is 0. The zero-order chi connectivity index (χ0) is 14.7. The zero-order valence-electron chi connectivity index (χ0n) is 11.9. The molecule has 0 fully saturated rings. The van der Waals surface area contributed by atoms with Gasteiger partial charge in [0.1, 0.15) is 5.75 Å². The highest BCUT2D eigenvalue weighted by Gasteiger charge is 2.10. The van der Waals surface area contributed by atoms with Gasteiger partial charge in [-0.15, -0.1) is 0 Å². The molecule has 0 bridgehead atoms. The molecule has 1 unspecified atom stereocenters. The Morgan fingerprint density at radius 1 is 1.00 bits per heavy atom. The number of hydrogen-bond acceptors (Lipinski definition) is 3. The van der Waals surface area contributed by atoms with Gasteiger partial charge in [0.15, 0.2) is 0 Å². The normalized spacial score (nSPS) is 12.3. The van der Waals surface area contributed by atoms with E-state index in [-0.39, 0.29) is 0 Å². The summed E-state index contributed by atoms with van der Waals surface area (Å²) in [7, 11) is 1.63. The molecule has 2 aromatic carbocycles. The van der Waals surface area contributed by atoms with Crippen LogP contribution in [0.15, 0.2) is 60.7 Å². The molecule has 0 saturated carbocycles. The second kappa shape index (κ2) is 5.94. The lowest BCUT2D eigenvalue weighted by Crippen LogP contribution is -2.03. The van der Waals surface area contributed by atoms with Gasteiger partial charge in [-0.3, -0.25) is 4.98 Å². The number of hydrogen-bond donors (Lipinski definition) is 1. The molecular weight excluding hydrogens is 262 g/mol. The van der Waals surface area contributed by atoms with Crippen molar-refractivity contribution in [2.75, 3.05) is 7.11 Å². The number of methoxy groups -OCH3 is 1. The van der Waals surface area contributed by atoms with Crippen LogP contribution in [0.5, 0.6) is 5.75 Å². The van der Waals surface area contributed by atoms with Crippen molar-refractivity contribution in [2.45, 2.75) is 12.5 Å². The summed E-state index contributed by atoms with van der Waals surface area (Å²) in [6, 6.07) is 19.5. The Bertz CT molecular complexity index is 738. The van der Waals surface area contributed by atoms with Crippen LogP contribution < -0.4 is 4.74 Å². The number of aliphatic hydroxyl groups is 1. The number of pyridine rings is 1. The molecule has 1 aromatic heterocycles. The van der Waals surface area contributed by atoms with Gasteiger partial charge in [0.25, 0.3) is 0 Å². The van der Waals surface area contributed by atoms with E-state index >= 15 is 0 Å². The van der Waals surface area contributed by atoms with Crippen molar-refractivity contribution in [1.82, 2.24) is 4.98 Å². The van der Waals surface area contributed by atoms with E-state index in [0.29, 0.717) is 6.42 Å². The van der Waals surface area contributed by atoms with Gasteiger partial charge >= 0.3 is 0 Å². The van der Waals surface area contributed by atoms with E-state index in [4.69, 9.17) is 4.74 Å². The van der Waals surface area contributed by atoms with E-state index in [0.717, 1.165) is 27.9 Å². The minimum absolute atomic E-state index is 0.497. The maximum absolute atomic E-state index is 10.3. The molecule has 0 spiro atoms. The number of aliphatic hydroxyl groups excluding tert-OH is 1. The number of para-hydroxylation sites is 1. The van der Waals surface area contributed by atoms with Crippen LogP contribution >= 0.6 is 0 Å². The van der Waals surface area contributed by atoms with Crippen molar-refractivity contribution in [2.24, 2.45) is 0 Å². The maximum atomic E-state index is 10.3. The fraction of sp³-hybridized carbons (Fsp3) is 0.167. The van der Waals surface area contributed by atoms with E-state index in [1.807, 2.05) is 60.7 Å². The number of aromatic nitrogens is 1. The first-order valence-corrected chi connectivity index (χ1v) is 6.93. The predicted octanol–water partition coefficient (Wildman–Crippen LogP) is 3.52. The first-order valence-electron chi connectivity index (χ1n) is 6.93. The minimum atomic E-state index is -0.565. The number of benzene rings is 2. The summed E-state index contributed by atoms with van der Waals surface area (Å²) >= 11 is 0. The molecule has 21 heavy (non-hydrogen) atoms. The molecule has 3 rings (SSSR count). The van der Waals surface area contributed by atoms with E-state index in [1.54, 1.807) is 7.11 Å². The lowest BCUT2D eigenvalue weighted by atomic mass is 10.0. The summed E-state index contributed by atoms with van der Waals surface area (Å²) in [6.07, 6.45) is -0.0680. The Labute approximate surface area is 123 Å². The fourth-order valence-electron chi connectivity index (χ4n) is 2.36. The summed E-state index contributed by atoms with van der Waals surface area (Å²) < 4.78 is 5.12. The minimum Gasteiger partial charge on any atom is -0.497 e. The molecule has 0 radical (unpaired) electrons. The predicted molar refractivity (Wildman–Crippen MR) is 83.4 cm³/mol. The highest BCUT2D eigenvalue weighted by molar-refractivity contribution is 5.78. The zero-order valence-corrected chi connectivity index (χ0v) is 11.9. The van der Waals surface area contributed by atoms with Crippen molar-refractivity contribution in [1.29, 1.82) is 0 Å². The molecule has 1 heterocycles. The molecule has 1 atom stereocenters. The summed E-state index contributed by atoms with van der Waals surface area (Å²) in [5.74, 6) is 0.787. The van der Waals surface area contributed by atoms with E-state index < -0.39 is 6.10 Å². The lowest BCUT2D eigenvalue weighted by molar-refractivity contribution is 0.177. The molecule has 3 nitrogen and oxygen atoms in total. The molecule has 0 aliphatic heterocycles.